The maximum absolute atomic E-state index is 11.1. The Balaban J connectivity index is 2.14. The van der Waals surface area contributed by atoms with Crippen LogP contribution >= 0.6 is 0 Å². The fraction of sp³-hybridized carbons (Fsp3) is 0.636. The molecule has 0 aromatic carbocycles. The zero-order valence-corrected chi connectivity index (χ0v) is 11.0. The van der Waals surface area contributed by atoms with Crippen LogP contribution in [-0.2, 0) is 4.74 Å². The van der Waals surface area contributed by atoms with E-state index in [-0.39, 0.29) is 23.9 Å². The average molecular weight is 284 g/mol. The van der Waals surface area contributed by atoms with E-state index in [2.05, 4.69) is 15.3 Å². The van der Waals surface area contributed by atoms with E-state index in [9.17, 15) is 15.2 Å². The number of nitro groups is 1. The number of rotatable bonds is 5. The number of aliphatic hydroxyl groups is 1. The third kappa shape index (κ3) is 3.11. The zero-order chi connectivity index (χ0) is 14.6. The summed E-state index contributed by atoms with van der Waals surface area (Å²) in [7, 11) is 1.30. The van der Waals surface area contributed by atoms with Crippen LogP contribution in [0.2, 0.25) is 0 Å². The van der Waals surface area contributed by atoms with Gasteiger partial charge in [0.1, 0.15) is 6.33 Å². The first kappa shape index (κ1) is 14.4. The molecule has 9 nitrogen and oxygen atoms in total. The molecule has 1 aromatic heterocycles. The smallest absolute Gasteiger partial charge is 0.372 e. The Kier molecular flexibility index (Phi) is 4.30. The third-order valence-corrected chi connectivity index (χ3v) is 3.17. The van der Waals surface area contributed by atoms with Crippen molar-refractivity contribution in [2.24, 2.45) is 0 Å². The van der Waals surface area contributed by atoms with Crippen LogP contribution in [0, 0.1) is 10.1 Å². The van der Waals surface area contributed by atoms with E-state index in [0.717, 1.165) is 0 Å². The second-order valence-electron chi connectivity index (χ2n) is 4.53. The highest BCUT2D eigenvalue weighted by Crippen LogP contribution is 2.31. The van der Waals surface area contributed by atoms with Crippen molar-refractivity contribution in [3.63, 3.8) is 0 Å². The molecule has 9 heteroatoms. The quantitative estimate of drug-likeness (QED) is 0.587. The lowest BCUT2D eigenvalue weighted by atomic mass is 9.94. The Labute approximate surface area is 115 Å². The fourth-order valence-corrected chi connectivity index (χ4v) is 1.98. The highest BCUT2D eigenvalue weighted by atomic mass is 16.6. The first-order valence-electron chi connectivity index (χ1n) is 6.13. The molecular formula is C11H16N4O5. The van der Waals surface area contributed by atoms with Crippen molar-refractivity contribution in [1.29, 1.82) is 0 Å². The number of ether oxygens (including phenoxy) is 2. The Morgan fingerprint density at radius 1 is 1.55 bits per heavy atom. The van der Waals surface area contributed by atoms with Crippen molar-refractivity contribution in [1.82, 2.24) is 9.97 Å². The zero-order valence-electron chi connectivity index (χ0n) is 11.0. The van der Waals surface area contributed by atoms with E-state index in [1.807, 2.05) is 0 Å². The number of nitrogens with zero attached hydrogens (tertiary/aromatic N) is 3. The number of aromatic nitrogens is 2. The van der Waals surface area contributed by atoms with Gasteiger partial charge in [0, 0.05) is 32.6 Å². The van der Waals surface area contributed by atoms with Crippen LogP contribution in [0.4, 0.5) is 11.5 Å². The molecule has 0 aliphatic carbocycles. The van der Waals surface area contributed by atoms with E-state index in [0.29, 0.717) is 26.1 Å². The van der Waals surface area contributed by atoms with Gasteiger partial charge in [-0.2, -0.15) is 4.98 Å². The second kappa shape index (κ2) is 5.97. The number of hydrogen-bond acceptors (Lipinski definition) is 8. The van der Waals surface area contributed by atoms with Crippen LogP contribution in [-0.4, -0.2) is 52.5 Å². The predicted molar refractivity (Wildman–Crippen MR) is 68.7 cm³/mol. The van der Waals surface area contributed by atoms with Gasteiger partial charge < -0.3 is 19.9 Å². The first-order chi connectivity index (χ1) is 9.56. The molecule has 2 N–H and O–H groups in total. The molecule has 0 saturated carbocycles. The van der Waals surface area contributed by atoms with Crippen LogP contribution in [0.15, 0.2) is 6.33 Å². The van der Waals surface area contributed by atoms with Gasteiger partial charge >= 0.3 is 5.69 Å². The van der Waals surface area contributed by atoms with Gasteiger partial charge in [0.2, 0.25) is 5.82 Å². The summed E-state index contributed by atoms with van der Waals surface area (Å²) in [5, 5.41) is 24.2. The second-order valence-corrected chi connectivity index (χ2v) is 4.53. The van der Waals surface area contributed by atoms with Gasteiger partial charge in [-0.05, 0) is 0 Å². The molecule has 1 saturated heterocycles. The predicted octanol–water partition coefficient (Wildman–Crippen LogP) is 0.347. The van der Waals surface area contributed by atoms with E-state index < -0.39 is 10.5 Å². The van der Waals surface area contributed by atoms with Gasteiger partial charge in [0.05, 0.1) is 17.6 Å². The summed E-state index contributed by atoms with van der Waals surface area (Å²) in [6.45, 7) is 1.08. The van der Waals surface area contributed by atoms with Crippen LogP contribution in [0.25, 0.3) is 0 Å². The van der Waals surface area contributed by atoms with Crippen molar-refractivity contribution in [3.05, 3.63) is 16.4 Å². The minimum atomic E-state index is -0.954. The Morgan fingerprint density at radius 2 is 2.25 bits per heavy atom. The molecule has 1 aliphatic rings. The SMILES string of the molecule is COc1ncnc(NCC2(O)CCOCC2)c1[N+](=O)[O-]. The molecule has 2 rings (SSSR count). The molecule has 0 radical (unpaired) electrons. The minimum Gasteiger partial charge on any atom is -0.476 e. The van der Waals surface area contributed by atoms with Crippen molar-refractivity contribution in [3.8, 4) is 5.88 Å². The standard InChI is InChI=1S/C11H16N4O5/c1-19-10-8(15(17)18)9(13-7-14-10)12-6-11(16)2-4-20-5-3-11/h7,16H,2-6H2,1H3,(H,12,13,14). The molecule has 1 fully saturated rings. The third-order valence-electron chi connectivity index (χ3n) is 3.17. The number of nitrogens with one attached hydrogen (secondary N) is 1. The van der Waals surface area contributed by atoms with Crippen molar-refractivity contribution < 1.29 is 19.5 Å². The van der Waals surface area contributed by atoms with E-state index in [4.69, 9.17) is 9.47 Å². The van der Waals surface area contributed by atoms with Crippen LogP contribution < -0.4 is 10.1 Å². The lowest BCUT2D eigenvalue weighted by Crippen LogP contribution is -2.42. The maximum Gasteiger partial charge on any atom is 0.372 e. The molecule has 20 heavy (non-hydrogen) atoms. The summed E-state index contributed by atoms with van der Waals surface area (Å²) in [5.74, 6) is -0.0896. The highest BCUT2D eigenvalue weighted by molar-refractivity contribution is 5.61. The molecule has 0 unspecified atom stereocenters. The van der Waals surface area contributed by atoms with Crippen LogP contribution in [0.3, 0.4) is 0 Å². The summed E-state index contributed by atoms with van der Waals surface area (Å²) in [6.07, 6.45) is 2.11. The van der Waals surface area contributed by atoms with Gasteiger partial charge in [-0.15, -0.1) is 0 Å². The van der Waals surface area contributed by atoms with Gasteiger partial charge in [-0.1, -0.05) is 0 Å². The van der Waals surface area contributed by atoms with E-state index in [1.165, 1.54) is 13.4 Å². The topological polar surface area (TPSA) is 120 Å². The van der Waals surface area contributed by atoms with Gasteiger partial charge in [0.15, 0.2) is 0 Å². The number of hydrogen-bond donors (Lipinski definition) is 2. The van der Waals surface area contributed by atoms with E-state index in [1.54, 1.807) is 0 Å². The summed E-state index contributed by atoms with van der Waals surface area (Å²) in [4.78, 5) is 18.0. The average Bonchev–Trinajstić information content (AvgIpc) is 2.45. The normalized spacial score (nSPS) is 17.5. The van der Waals surface area contributed by atoms with E-state index >= 15 is 0 Å². The van der Waals surface area contributed by atoms with Gasteiger partial charge in [-0.25, -0.2) is 4.98 Å². The number of methoxy groups -OCH3 is 1. The monoisotopic (exact) mass is 284 g/mol. The Morgan fingerprint density at radius 3 is 2.85 bits per heavy atom. The summed E-state index contributed by atoms with van der Waals surface area (Å²) < 4.78 is 10.0. The lowest BCUT2D eigenvalue weighted by molar-refractivity contribution is -0.385. The Bertz CT molecular complexity index is 490. The molecule has 0 bridgehead atoms. The summed E-state index contributed by atoms with van der Waals surface area (Å²) in [6, 6.07) is 0. The molecule has 2 heterocycles. The summed E-state index contributed by atoms with van der Waals surface area (Å²) in [5.41, 5.74) is -1.30. The minimum absolute atomic E-state index is 0.0294. The molecule has 110 valence electrons. The van der Waals surface area contributed by atoms with Gasteiger partial charge in [-0.3, -0.25) is 10.1 Å². The largest absolute Gasteiger partial charge is 0.476 e. The molecule has 0 amide bonds. The first-order valence-corrected chi connectivity index (χ1v) is 6.13. The van der Waals surface area contributed by atoms with Crippen LogP contribution in [0.1, 0.15) is 12.8 Å². The number of anilines is 1. The molecule has 0 atom stereocenters. The lowest BCUT2D eigenvalue weighted by Gasteiger charge is -2.32. The molecular weight excluding hydrogens is 268 g/mol. The van der Waals surface area contributed by atoms with Crippen molar-refractivity contribution in [2.45, 2.75) is 18.4 Å². The molecule has 0 spiro atoms. The Hall–Kier alpha value is -2.00. The fourth-order valence-electron chi connectivity index (χ4n) is 1.98. The van der Waals surface area contributed by atoms with Crippen molar-refractivity contribution >= 4 is 11.5 Å². The van der Waals surface area contributed by atoms with Crippen molar-refractivity contribution in [2.75, 3.05) is 32.2 Å². The van der Waals surface area contributed by atoms with Crippen LogP contribution in [0.5, 0.6) is 5.88 Å². The maximum atomic E-state index is 11.1. The molecule has 1 aromatic rings. The molecule has 1 aliphatic heterocycles. The van der Waals surface area contributed by atoms with Gasteiger partial charge in [0.25, 0.3) is 5.88 Å². The summed E-state index contributed by atoms with van der Waals surface area (Å²) >= 11 is 0. The highest BCUT2D eigenvalue weighted by Gasteiger charge is 2.31.